The van der Waals surface area contributed by atoms with Gasteiger partial charge in [0.2, 0.25) is 0 Å². The van der Waals surface area contributed by atoms with E-state index in [0.717, 1.165) is 34.5 Å². The fourth-order valence-electron chi connectivity index (χ4n) is 4.60. The zero-order chi connectivity index (χ0) is 21.0. The van der Waals surface area contributed by atoms with Gasteiger partial charge in [-0.25, -0.2) is 4.98 Å². The molecular weight excluding hydrogens is 416 g/mol. The number of pyridine rings is 1. The van der Waals surface area contributed by atoms with Gasteiger partial charge in [0.1, 0.15) is 18.2 Å². The molecule has 2 N–H and O–H groups in total. The van der Waals surface area contributed by atoms with Gasteiger partial charge < -0.3 is 14.8 Å². The number of morpholine rings is 1. The molecule has 0 radical (unpaired) electrons. The zero-order valence-electron chi connectivity index (χ0n) is 16.7. The Bertz CT molecular complexity index is 1270. The SMILES string of the molecule is O=S(=O)(Nc1ccc2nc(NC3COc4ccccc43)ccc2c1)N1C[C@H]2C[C@H]1CO2. The average molecular weight is 439 g/mol. The number of anilines is 2. The predicted octanol–water partition coefficient (Wildman–Crippen LogP) is 2.91. The highest BCUT2D eigenvalue weighted by Crippen LogP contribution is 2.34. The van der Waals surface area contributed by atoms with Gasteiger partial charge in [-0.2, -0.15) is 12.7 Å². The summed E-state index contributed by atoms with van der Waals surface area (Å²) >= 11 is 0. The third-order valence-electron chi connectivity index (χ3n) is 6.12. The summed E-state index contributed by atoms with van der Waals surface area (Å²) in [5.74, 6) is 1.65. The molecule has 2 aromatic carbocycles. The summed E-state index contributed by atoms with van der Waals surface area (Å²) in [6, 6.07) is 17.2. The lowest BCUT2D eigenvalue weighted by Crippen LogP contribution is -2.44. The summed E-state index contributed by atoms with van der Waals surface area (Å²) in [4.78, 5) is 4.69. The van der Waals surface area contributed by atoms with Gasteiger partial charge in [-0.3, -0.25) is 4.72 Å². The van der Waals surface area contributed by atoms with Crippen molar-refractivity contribution < 1.29 is 17.9 Å². The highest BCUT2D eigenvalue weighted by Gasteiger charge is 2.45. The highest BCUT2D eigenvalue weighted by atomic mass is 32.2. The van der Waals surface area contributed by atoms with E-state index < -0.39 is 10.2 Å². The minimum Gasteiger partial charge on any atom is -0.491 e. The van der Waals surface area contributed by atoms with E-state index in [1.165, 1.54) is 4.31 Å². The number of hydrogen-bond donors (Lipinski definition) is 2. The number of ether oxygens (including phenoxy) is 2. The normalized spacial score (nSPS) is 24.8. The molecule has 1 unspecified atom stereocenters. The first-order valence-electron chi connectivity index (χ1n) is 10.4. The van der Waals surface area contributed by atoms with Gasteiger partial charge in [-0.05, 0) is 42.8 Å². The van der Waals surface area contributed by atoms with Crippen LogP contribution >= 0.6 is 0 Å². The smallest absolute Gasteiger partial charge is 0.302 e. The van der Waals surface area contributed by atoms with E-state index >= 15 is 0 Å². The minimum absolute atomic E-state index is 0.0190. The van der Waals surface area contributed by atoms with Crippen molar-refractivity contribution in [1.82, 2.24) is 9.29 Å². The summed E-state index contributed by atoms with van der Waals surface area (Å²) in [5, 5.41) is 4.29. The van der Waals surface area contributed by atoms with Crippen LogP contribution in [-0.2, 0) is 14.9 Å². The van der Waals surface area contributed by atoms with Crippen LogP contribution in [0, 0.1) is 0 Å². The van der Waals surface area contributed by atoms with E-state index in [1.54, 1.807) is 6.07 Å². The van der Waals surface area contributed by atoms with Gasteiger partial charge in [0.15, 0.2) is 0 Å². The Hall–Kier alpha value is -2.88. The van der Waals surface area contributed by atoms with Gasteiger partial charge in [0.25, 0.3) is 0 Å². The third kappa shape index (κ3) is 3.38. The second kappa shape index (κ2) is 7.08. The number of para-hydroxylation sites is 1. The van der Waals surface area contributed by atoms with Crippen molar-refractivity contribution in [3.63, 3.8) is 0 Å². The summed E-state index contributed by atoms with van der Waals surface area (Å²) in [6.07, 6.45) is 0.792. The van der Waals surface area contributed by atoms with Crippen LogP contribution in [0.1, 0.15) is 18.0 Å². The van der Waals surface area contributed by atoms with Crippen molar-refractivity contribution in [1.29, 1.82) is 0 Å². The quantitative estimate of drug-likeness (QED) is 0.636. The van der Waals surface area contributed by atoms with Crippen molar-refractivity contribution in [2.75, 3.05) is 29.8 Å². The van der Waals surface area contributed by atoms with Gasteiger partial charge in [-0.15, -0.1) is 0 Å². The maximum atomic E-state index is 12.8. The van der Waals surface area contributed by atoms with Crippen LogP contribution in [0.25, 0.3) is 10.9 Å². The van der Waals surface area contributed by atoms with Gasteiger partial charge in [0.05, 0.1) is 36.0 Å². The molecule has 0 spiro atoms. The van der Waals surface area contributed by atoms with Crippen molar-refractivity contribution in [2.24, 2.45) is 0 Å². The molecule has 3 aromatic rings. The largest absolute Gasteiger partial charge is 0.491 e. The highest BCUT2D eigenvalue weighted by molar-refractivity contribution is 7.90. The number of benzene rings is 2. The summed E-state index contributed by atoms with van der Waals surface area (Å²) in [7, 11) is -3.61. The first kappa shape index (κ1) is 18.9. The lowest BCUT2D eigenvalue weighted by Gasteiger charge is -2.26. The molecule has 0 amide bonds. The molecule has 3 atom stereocenters. The van der Waals surface area contributed by atoms with E-state index in [-0.39, 0.29) is 18.2 Å². The second-order valence-electron chi connectivity index (χ2n) is 8.17. The molecule has 2 bridgehead atoms. The Morgan fingerprint density at radius 3 is 2.81 bits per heavy atom. The molecule has 2 fully saturated rings. The molecule has 9 heteroatoms. The average Bonchev–Trinajstić information content (AvgIpc) is 3.50. The fraction of sp³-hybridized carbons (Fsp3) is 0.318. The molecular formula is C22H22N4O4S. The van der Waals surface area contributed by atoms with Gasteiger partial charge in [0, 0.05) is 17.5 Å². The molecule has 1 aromatic heterocycles. The zero-order valence-corrected chi connectivity index (χ0v) is 17.5. The second-order valence-corrected chi connectivity index (χ2v) is 9.79. The first-order valence-corrected chi connectivity index (χ1v) is 11.8. The van der Waals surface area contributed by atoms with E-state index in [4.69, 9.17) is 9.47 Å². The van der Waals surface area contributed by atoms with Crippen molar-refractivity contribution in [3.05, 3.63) is 60.2 Å². The van der Waals surface area contributed by atoms with Crippen LogP contribution in [0.15, 0.2) is 54.6 Å². The topological polar surface area (TPSA) is 92.8 Å². The molecule has 0 aliphatic carbocycles. The number of aromatic nitrogens is 1. The monoisotopic (exact) mass is 438 g/mol. The number of hydrogen-bond acceptors (Lipinski definition) is 6. The maximum Gasteiger partial charge on any atom is 0.302 e. The number of fused-ring (bicyclic) bond motifs is 4. The van der Waals surface area contributed by atoms with Crippen LogP contribution < -0.4 is 14.8 Å². The third-order valence-corrected chi connectivity index (χ3v) is 7.68. The first-order chi connectivity index (χ1) is 15.0. The molecule has 2 saturated heterocycles. The Labute approximate surface area is 180 Å². The minimum atomic E-state index is -3.61. The standard InChI is InChI=1S/C22H22N4O4S/c27-31(28,26-11-17-10-16(26)12-29-17)25-15-6-7-19-14(9-15)5-8-22(23-19)24-20-13-30-21-4-2-1-3-18(20)21/h1-9,16-17,20,25H,10-13H2,(H,23,24)/t16-,17+,20?/m0/s1. The lowest BCUT2D eigenvalue weighted by molar-refractivity contribution is 0.0611. The van der Waals surface area contributed by atoms with Crippen LogP contribution in [0.3, 0.4) is 0 Å². The summed E-state index contributed by atoms with van der Waals surface area (Å²) in [5.41, 5.74) is 2.43. The molecule has 8 nitrogen and oxygen atoms in total. The van der Waals surface area contributed by atoms with Crippen LogP contribution in [-0.4, -0.2) is 49.6 Å². The summed E-state index contributed by atoms with van der Waals surface area (Å²) in [6.45, 7) is 1.45. The predicted molar refractivity (Wildman–Crippen MR) is 117 cm³/mol. The van der Waals surface area contributed by atoms with Gasteiger partial charge >= 0.3 is 10.2 Å². The molecule has 3 aliphatic rings. The van der Waals surface area contributed by atoms with E-state index in [0.29, 0.717) is 25.4 Å². The van der Waals surface area contributed by atoms with Gasteiger partial charge in [-0.1, -0.05) is 18.2 Å². The van der Waals surface area contributed by atoms with Crippen molar-refractivity contribution in [2.45, 2.75) is 24.6 Å². The Balaban J connectivity index is 1.20. The van der Waals surface area contributed by atoms with E-state index in [1.807, 2.05) is 42.5 Å². The maximum absolute atomic E-state index is 12.8. The molecule has 0 saturated carbocycles. The molecule has 31 heavy (non-hydrogen) atoms. The fourth-order valence-corrected chi connectivity index (χ4v) is 6.04. The molecule has 160 valence electrons. The van der Waals surface area contributed by atoms with Crippen LogP contribution in [0.4, 0.5) is 11.5 Å². The number of nitrogens with zero attached hydrogens (tertiary/aromatic N) is 2. The van der Waals surface area contributed by atoms with E-state index in [2.05, 4.69) is 21.1 Å². The van der Waals surface area contributed by atoms with E-state index in [9.17, 15) is 8.42 Å². The van der Waals surface area contributed by atoms with Crippen molar-refractivity contribution >= 4 is 32.6 Å². The summed E-state index contributed by atoms with van der Waals surface area (Å²) < 4.78 is 41.0. The Morgan fingerprint density at radius 2 is 1.97 bits per heavy atom. The Morgan fingerprint density at radius 1 is 1.06 bits per heavy atom. The molecule has 6 rings (SSSR count). The molecule has 4 heterocycles. The molecule has 3 aliphatic heterocycles. The van der Waals surface area contributed by atoms with Crippen LogP contribution in [0.5, 0.6) is 5.75 Å². The Kier molecular flexibility index (Phi) is 4.31. The van der Waals surface area contributed by atoms with Crippen molar-refractivity contribution in [3.8, 4) is 5.75 Å². The van der Waals surface area contributed by atoms with Crippen LogP contribution in [0.2, 0.25) is 0 Å². The lowest BCUT2D eigenvalue weighted by atomic mass is 10.1. The number of rotatable bonds is 5. The number of nitrogens with one attached hydrogen (secondary N) is 2.